The molecule has 1 amide bonds. The lowest BCUT2D eigenvalue weighted by Gasteiger charge is -2.14. The Hall–Kier alpha value is -1.17. The molecule has 0 fully saturated rings. The van der Waals surface area contributed by atoms with Crippen molar-refractivity contribution < 1.29 is 14.3 Å². The maximum Gasteiger partial charge on any atom is 0.251 e. The molecule has 0 saturated carbocycles. The summed E-state index contributed by atoms with van der Waals surface area (Å²) in [5.41, 5.74) is 0.467. The largest absolute Gasteiger partial charge is 0.493 e. The maximum atomic E-state index is 12.1. The van der Waals surface area contributed by atoms with Gasteiger partial charge in [0.15, 0.2) is 11.5 Å². The fraction of sp³-hybridized carbons (Fsp3) is 0.562. The van der Waals surface area contributed by atoms with Crippen LogP contribution >= 0.6 is 24.0 Å². The minimum Gasteiger partial charge on any atom is -0.493 e. The monoisotopic (exact) mass is 364 g/mol. The lowest BCUT2D eigenvalue weighted by Crippen LogP contribution is -2.26. The Kier molecular flexibility index (Phi) is 11.7. The third kappa shape index (κ3) is 7.29. The fourth-order valence-corrected chi connectivity index (χ4v) is 2.14. The molecule has 0 bridgehead atoms. The van der Waals surface area contributed by atoms with E-state index in [4.69, 9.17) is 21.1 Å². The second kappa shape index (κ2) is 12.3. The molecule has 1 aromatic rings. The highest BCUT2D eigenvalue weighted by molar-refractivity contribution is 6.32. The third-order valence-corrected chi connectivity index (χ3v) is 3.41. The molecule has 1 rings (SSSR count). The molecular formula is C16H26Cl2N2O3. The first kappa shape index (κ1) is 21.8. The minimum atomic E-state index is -0.170. The number of benzene rings is 1. The zero-order valence-corrected chi connectivity index (χ0v) is 15.5. The average Bonchev–Trinajstić information content (AvgIpc) is 2.52. The number of halogens is 2. The quantitative estimate of drug-likeness (QED) is 0.625. The summed E-state index contributed by atoms with van der Waals surface area (Å²) in [6, 6.07) is 3.26. The second-order valence-corrected chi connectivity index (χ2v) is 5.31. The Labute approximate surface area is 149 Å². The summed E-state index contributed by atoms with van der Waals surface area (Å²) in [4.78, 5) is 12.1. The molecule has 0 aliphatic rings. The SMILES string of the molecule is CCCCOc1c(Cl)cc(C(=O)NCCCNC)cc1OC.Cl. The number of carbonyl (C=O) groups is 1. The molecule has 0 unspecified atom stereocenters. The molecule has 23 heavy (non-hydrogen) atoms. The number of methoxy groups -OCH3 is 1. The topological polar surface area (TPSA) is 59.6 Å². The van der Waals surface area contributed by atoms with E-state index in [2.05, 4.69) is 17.6 Å². The molecular weight excluding hydrogens is 339 g/mol. The van der Waals surface area contributed by atoms with Crippen LogP contribution in [0.1, 0.15) is 36.5 Å². The van der Waals surface area contributed by atoms with Gasteiger partial charge in [0.2, 0.25) is 0 Å². The molecule has 0 radical (unpaired) electrons. The van der Waals surface area contributed by atoms with Crippen LogP contribution in [0.15, 0.2) is 12.1 Å². The Morgan fingerprint density at radius 3 is 2.61 bits per heavy atom. The number of rotatable bonds is 10. The molecule has 1 aromatic carbocycles. The standard InChI is InChI=1S/C16H25ClN2O3.ClH/c1-4-5-9-22-15-13(17)10-12(11-14(15)21-3)16(20)19-8-6-7-18-2;/h10-11,18H,4-9H2,1-3H3,(H,19,20);1H. The number of ether oxygens (including phenoxy) is 2. The molecule has 0 saturated heterocycles. The summed E-state index contributed by atoms with van der Waals surface area (Å²) in [7, 11) is 3.41. The number of amides is 1. The van der Waals surface area contributed by atoms with Crippen molar-refractivity contribution in [1.29, 1.82) is 0 Å². The van der Waals surface area contributed by atoms with Gasteiger partial charge in [0.25, 0.3) is 5.91 Å². The van der Waals surface area contributed by atoms with E-state index < -0.39 is 0 Å². The van der Waals surface area contributed by atoms with Crippen LogP contribution in [-0.2, 0) is 0 Å². The zero-order chi connectivity index (χ0) is 16.4. The highest BCUT2D eigenvalue weighted by Crippen LogP contribution is 2.36. The fourth-order valence-electron chi connectivity index (χ4n) is 1.88. The van der Waals surface area contributed by atoms with E-state index >= 15 is 0 Å². The first-order chi connectivity index (χ1) is 10.6. The van der Waals surface area contributed by atoms with E-state index in [1.165, 1.54) is 7.11 Å². The lowest BCUT2D eigenvalue weighted by atomic mass is 10.2. The second-order valence-electron chi connectivity index (χ2n) is 4.90. The molecule has 0 heterocycles. The Balaban J connectivity index is 0.00000484. The van der Waals surface area contributed by atoms with Crippen molar-refractivity contribution in [3.05, 3.63) is 22.7 Å². The van der Waals surface area contributed by atoms with Gasteiger partial charge in [0.1, 0.15) is 0 Å². The van der Waals surface area contributed by atoms with Gasteiger partial charge in [-0.1, -0.05) is 24.9 Å². The number of nitrogens with one attached hydrogen (secondary N) is 2. The minimum absolute atomic E-state index is 0. The van der Waals surface area contributed by atoms with Gasteiger partial charge in [0.05, 0.1) is 18.7 Å². The van der Waals surface area contributed by atoms with Crippen molar-refractivity contribution in [1.82, 2.24) is 10.6 Å². The molecule has 0 atom stereocenters. The van der Waals surface area contributed by atoms with Crippen molar-refractivity contribution >= 4 is 29.9 Å². The summed E-state index contributed by atoms with van der Waals surface area (Å²) in [6.45, 7) is 4.12. The van der Waals surface area contributed by atoms with Crippen molar-refractivity contribution in [3.8, 4) is 11.5 Å². The van der Waals surface area contributed by atoms with Crippen LogP contribution < -0.4 is 20.1 Å². The van der Waals surface area contributed by atoms with Crippen LogP contribution in [0.25, 0.3) is 0 Å². The molecule has 7 heteroatoms. The van der Waals surface area contributed by atoms with Crippen LogP contribution in [0.3, 0.4) is 0 Å². The predicted octanol–water partition coefficient (Wildman–Crippen LogP) is 3.29. The van der Waals surface area contributed by atoms with Crippen LogP contribution in [0.2, 0.25) is 5.02 Å². The van der Waals surface area contributed by atoms with Gasteiger partial charge in [-0.25, -0.2) is 0 Å². The van der Waals surface area contributed by atoms with Crippen molar-refractivity contribution in [2.45, 2.75) is 26.2 Å². The molecule has 2 N–H and O–H groups in total. The molecule has 0 aliphatic heterocycles. The normalized spacial score (nSPS) is 9.91. The summed E-state index contributed by atoms with van der Waals surface area (Å²) in [5.74, 6) is 0.796. The molecule has 0 aromatic heterocycles. The van der Waals surface area contributed by atoms with Gasteiger partial charge in [-0.2, -0.15) is 0 Å². The van der Waals surface area contributed by atoms with E-state index in [1.807, 2.05) is 7.05 Å². The van der Waals surface area contributed by atoms with Gasteiger partial charge >= 0.3 is 0 Å². The Bertz CT molecular complexity index is 485. The zero-order valence-electron chi connectivity index (χ0n) is 13.9. The number of hydrogen-bond acceptors (Lipinski definition) is 4. The number of carbonyl (C=O) groups excluding carboxylic acids is 1. The van der Waals surface area contributed by atoms with E-state index in [1.54, 1.807) is 12.1 Å². The highest BCUT2D eigenvalue weighted by atomic mass is 35.5. The number of unbranched alkanes of at least 4 members (excludes halogenated alkanes) is 1. The third-order valence-electron chi connectivity index (χ3n) is 3.13. The smallest absolute Gasteiger partial charge is 0.251 e. The Morgan fingerprint density at radius 2 is 2.00 bits per heavy atom. The summed E-state index contributed by atoms with van der Waals surface area (Å²) in [6.07, 6.45) is 2.84. The van der Waals surface area contributed by atoms with Gasteiger partial charge < -0.3 is 20.1 Å². The van der Waals surface area contributed by atoms with Gasteiger partial charge in [-0.15, -0.1) is 12.4 Å². The van der Waals surface area contributed by atoms with Gasteiger partial charge in [-0.3, -0.25) is 4.79 Å². The molecule has 0 spiro atoms. The van der Waals surface area contributed by atoms with Gasteiger partial charge in [0, 0.05) is 12.1 Å². The predicted molar refractivity (Wildman–Crippen MR) is 96.5 cm³/mol. The van der Waals surface area contributed by atoms with Gasteiger partial charge in [-0.05, 0) is 38.6 Å². The summed E-state index contributed by atoms with van der Waals surface area (Å²) >= 11 is 6.23. The highest BCUT2D eigenvalue weighted by Gasteiger charge is 2.15. The van der Waals surface area contributed by atoms with E-state index in [0.717, 1.165) is 25.8 Å². The van der Waals surface area contributed by atoms with Crippen molar-refractivity contribution in [2.24, 2.45) is 0 Å². The van der Waals surface area contributed by atoms with E-state index in [0.29, 0.717) is 35.2 Å². The first-order valence-electron chi connectivity index (χ1n) is 7.57. The first-order valence-corrected chi connectivity index (χ1v) is 7.95. The Morgan fingerprint density at radius 1 is 1.26 bits per heavy atom. The van der Waals surface area contributed by atoms with Crippen LogP contribution in [0, 0.1) is 0 Å². The van der Waals surface area contributed by atoms with Crippen LogP contribution in [0.4, 0.5) is 0 Å². The average molecular weight is 365 g/mol. The van der Waals surface area contributed by atoms with E-state index in [9.17, 15) is 4.79 Å². The summed E-state index contributed by atoms with van der Waals surface area (Å²) in [5, 5.41) is 6.27. The van der Waals surface area contributed by atoms with Crippen LogP contribution in [-0.4, -0.2) is 39.8 Å². The van der Waals surface area contributed by atoms with E-state index in [-0.39, 0.29) is 18.3 Å². The molecule has 132 valence electrons. The maximum absolute atomic E-state index is 12.1. The van der Waals surface area contributed by atoms with Crippen molar-refractivity contribution in [2.75, 3.05) is 33.9 Å². The van der Waals surface area contributed by atoms with Crippen molar-refractivity contribution in [3.63, 3.8) is 0 Å². The number of hydrogen-bond donors (Lipinski definition) is 2. The molecule has 0 aliphatic carbocycles. The lowest BCUT2D eigenvalue weighted by molar-refractivity contribution is 0.0953. The molecule has 5 nitrogen and oxygen atoms in total. The van der Waals surface area contributed by atoms with Crippen LogP contribution in [0.5, 0.6) is 11.5 Å². The summed E-state index contributed by atoms with van der Waals surface area (Å²) < 4.78 is 10.9.